The van der Waals surface area contributed by atoms with Gasteiger partial charge in [-0.05, 0) is 34.1 Å². The minimum Gasteiger partial charge on any atom is -0.469 e. The molecule has 2 N–H and O–H groups in total. The van der Waals surface area contributed by atoms with Crippen molar-refractivity contribution in [1.29, 1.82) is 0 Å². The summed E-state index contributed by atoms with van der Waals surface area (Å²) in [5.41, 5.74) is 6.96. The third kappa shape index (κ3) is 4.70. The van der Waals surface area contributed by atoms with Gasteiger partial charge < -0.3 is 29.6 Å². The zero-order chi connectivity index (χ0) is 24.6. The van der Waals surface area contributed by atoms with Crippen molar-refractivity contribution in [3.05, 3.63) is 12.7 Å². The van der Waals surface area contributed by atoms with Crippen LogP contribution in [-0.2, 0) is 28.5 Å². The molecule has 0 aromatic carbocycles. The molecule has 2 aromatic heterocycles. The minimum atomic E-state index is -0.812. The summed E-state index contributed by atoms with van der Waals surface area (Å²) in [6.07, 6.45) is 1.99. The number of rotatable bonds is 8. The van der Waals surface area contributed by atoms with Crippen molar-refractivity contribution in [3.63, 3.8) is 0 Å². The molecule has 0 bridgehead atoms. The largest absolute Gasteiger partial charge is 0.469 e. The average molecular weight is 477 g/mol. The van der Waals surface area contributed by atoms with Gasteiger partial charge in [0, 0.05) is 25.4 Å². The average Bonchev–Trinajstić information content (AvgIpc) is 3.43. The highest BCUT2D eigenvalue weighted by molar-refractivity contribution is 5.81. The number of esters is 1. The van der Waals surface area contributed by atoms with E-state index < -0.39 is 30.3 Å². The van der Waals surface area contributed by atoms with E-state index in [4.69, 9.17) is 19.9 Å². The molecule has 2 saturated heterocycles. The van der Waals surface area contributed by atoms with Crippen LogP contribution in [0.15, 0.2) is 12.7 Å². The van der Waals surface area contributed by atoms with Crippen molar-refractivity contribution in [3.8, 4) is 0 Å². The number of imidazole rings is 1. The summed E-state index contributed by atoms with van der Waals surface area (Å²) < 4.78 is 25.2. The number of hydrogen-bond donors (Lipinski definition) is 1. The molecule has 0 saturated carbocycles. The molecule has 0 aliphatic carbocycles. The maximum absolute atomic E-state index is 13.0. The number of carbonyl (C=O) groups is 2. The van der Waals surface area contributed by atoms with Crippen LogP contribution in [0.3, 0.4) is 0 Å². The second-order valence-corrected chi connectivity index (χ2v) is 9.28. The predicted molar refractivity (Wildman–Crippen MR) is 120 cm³/mol. The molecule has 1 amide bonds. The summed E-state index contributed by atoms with van der Waals surface area (Å²) in [7, 11) is 1.34. The Morgan fingerprint density at radius 1 is 1.21 bits per heavy atom. The summed E-state index contributed by atoms with van der Waals surface area (Å²) in [4.78, 5) is 38.8. The third-order valence-corrected chi connectivity index (χ3v) is 6.11. The highest BCUT2D eigenvalue weighted by Gasteiger charge is 2.56. The van der Waals surface area contributed by atoms with Gasteiger partial charge in [0.25, 0.3) is 0 Å². The molecular formula is C22H32N6O6. The molecule has 2 aromatic rings. The van der Waals surface area contributed by atoms with E-state index in [1.54, 1.807) is 15.8 Å². The zero-order valence-corrected chi connectivity index (χ0v) is 20.1. The fraction of sp³-hybridized carbons (Fsp3) is 0.682. The van der Waals surface area contributed by atoms with Crippen LogP contribution in [0.1, 0.15) is 53.2 Å². The molecule has 0 unspecified atom stereocenters. The molecule has 4 heterocycles. The standard InChI is InChI=1S/C22H32N6O6/c1-12(2)27(14(29)7-6-8-15(30)31-5)9-13-17-18(34-22(3,4)33-17)21(32-13)28-11-26-16-19(23)24-10-25-20(16)28/h10-13,17-18,21H,6-9H2,1-5H3,(H2,23,24,25)/t13-,17-,18-,21-/m1/s1. The first-order valence-corrected chi connectivity index (χ1v) is 11.4. The second kappa shape index (κ2) is 9.43. The van der Waals surface area contributed by atoms with Crippen LogP contribution in [0.2, 0.25) is 0 Å². The quantitative estimate of drug-likeness (QED) is 0.555. The first-order valence-electron chi connectivity index (χ1n) is 11.4. The first-order chi connectivity index (χ1) is 16.1. The summed E-state index contributed by atoms with van der Waals surface area (Å²) in [5.74, 6) is -0.922. The SMILES string of the molecule is COC(=O)CCCC(=O)N(C[C@H]1O[C@@H](n2cnc3c(N)ncnc32)[C@@H]2OC(C)(C)O[C@@H]21)C(C)C. The highest BCUT2D eigenvalue weighted by atomic mass is 16.8. The van der Waals surface area contributed by atoms with E-state index in [2.05, 4.69) is 19.7 Å². The van der Waals surface area contributed by atoms with Gasteiger partial charge in [-0.2, -0.15) is 0 Å². The van der Waals surface area contributed by atoms with Gasteiger partial charge in [0.1, 0.15) is 30.2 Å². The number of fused-ring (bicyclic) bond motifs is 2. The molecule has 0 radical (unpaired) electrons. The number of nitrogens with two attached hydrogens (primary N) is 1. The van der Waals surface area contributed by atoms with Crippen LogP contribution in [0.4, 0.5) is 5.82 Å². The monoisotopic (exact) mass is 476 g/mol. The van der Waals surface area contributed by atoms with E-state index in [1.807, 2.05) is 27.7 Å². The van der Waals surface area contributed by atoms with Gasteiger partial charge in [0.05, 0.1) is 13.4 Å². The van der Waals surface area contributed by atoms with Crippen molar-refractivity contribution in [1.82, 2.24) is 24.4 Å². The number of nitrogens with zero attached hydrogens (tertiary/aromatic N) is 5. The van der Waals surface area contributed by atoms with Crippen molar-refractivity contribution >= 4 is 28.9 Å². The molecule has 12 nitrogen and oxygen atoms in total. The number of aromatic nitrogens is 4. The van der Waals surface area contributed by atoms with Gasteiger partial charge in [-0.1, -0.05) is 0 Å². The van der Waals surface area contributed by atoms with Crippen LogP contribution in [-0.4, -0.2) is 80.1 Å². The number of carbonyl (C=O) groups excluding carboxylic acids is 2. The summed E-state index contributed by atoms with van der Waals surface area (Å²) in [6.45, 7) is 7.91. The minimum absolute atomic E-state index is 0.0609. The molecule has 0 spiro atoms. The van der Waals surface area contributed by atoms with Crippen molar-refractivity contribution < 1.29 is 28.5 Å². The third-order valence-electron chi connectivity index (χ3n) is 6.11. The van der Waals surface area contributed by atoms with Crippen LogP contribution in [0, 0.1) is 0 Å². The Morgan fingerprint density at radius 3 is 2.65 bits per heavy atom. The van der Waals surface area contributed by atoms with E-state index in [9.17, 15) is 9.59 Å². The first kappa shape index (κ1) is 24.3. The Balaban J connectivity index is 1.54. The molecule has 34 heavy (non-hydrogen) atoms. The van der Waals surface area contributed by atoms with Gasteiger partial charge in [-0.25, -0.2) is 15.0 Å². The lowest BCUT2D eigenvalue weighted by molar-refractivity contribution is -0.198. The van der Waals surface area contributed by atoms with Gasteiger partial charge in [0.2, 0.25) is 5.91 Å². The predicted octanol–water partition coefficient (Wildman–Crippen LogP) is 1.41. The lowest BCUT2D eigenvalue weighted by Gasteiger charge is -2.31. The van der Waals surface area contributed by atoms with Crippen LogP contribution < -0.4 is 5.73 Å². The van der Waals surface area contributed by atoms with Gasteiger partial charge in [-0.15, -0.1) is 0 Å². The second-order valence-electron chi connectivity index (χ2n) is 9.28. The Labute approximate surface area is 197 Å². The molecular weight excluding hydrogens is 444 g/mol. The van der Waals surface area contributed by atoms with E-state index in [1.165, 1.54) is 13.4 Å². The highest BCUT2D eigenvalue weighted by Crippen LogP contribution is 2.44. The number of nitrogen functional groups attached to an aromatic ring is 1. The van der Waals surface area contributed by atoms with Gasteiger partial charge in [0.15, 0.2) is 23.5 Å². The van der Waals surface area contributed by atoms with Crippen molar-refractivity contribution in [2.45, 2.75) is 83.3 Å². The fourth-order valence-corrected chi connectivity index (χ4v) is 4.51. The lowest BCUT2D eigenvalue weighted by Crippen LogP contribution is -2.45. The smallest absolute Gasteiger partial charge is 0.305 e. The molecule has 2 fully saturated rings. The summed E-state index contributed by atoms with van der Waals surface area (Å²) >= 11 is 0. The number of amides is 1. The van der Waals surface area contributed by atoms with Crippen molar-refractivity contribution in [2.75, 3.05) is 19.4 Å². The number of anilines is 1. The number of methoxy groups -OCH3 is 1. The normalized spacial score (nSPS) is 25.6. The maximum atomic E-state index is 13.0. The molecule has 4 atom stereocenters. The molecule has 4 rings (SSSR count). The Kier molecular flexibility index (Phi) is 6.74. The number of hydrogen-bond acceptors (Lipinski definition) is 10. The topological polar surface area (TPSA) is 144 Å². The number of ether oxygens (including phenoxy) is 4. The van der Waals surface area contributed by atoms with Crippen LogP contribution in [0.25, 0.3) is 11.2 Å². The molecule has 2 aliphatic rings. The Bertz CT molecular complexity index is 1060. The van der Waals surface area contributed by atoms with E-state index in [0.29, 0.717) is 24.1 Å². The van der Waals surface area contributed by atoms with Gasteiger partial charge in [-0.3, -0.25) is 14.2 Å². The Hall–Kier alpha value is -2.83. The van der Waals surface area contributed by atoms with E-state index in [0.717, 1.165) is 0 Å². The Morgan fingerprint density at radius 2 is 1.94 bits per heavy atom. The van der Waals surface area contributed by atoms with Crippen LogP contribution in [0.5, 0.6) is 0 Å². The van der Waals surface area contributed by atoms with Gasteiger partial charge >= 0.3 is 5.97 Å². The fourth-order valence-electron chi connectivity index (χ4n) is 4.51. The van der Waals surface area contributed by atoms with E-state index >= 15 is 0 Å². The van der Waals surface area contributed by atoms with Crippen molar-refractivity contribution in [2.24, 2.45) is 0 Å². The molecule has 186 valence electrons. The lowest BCUT2D eigenvalue weighted by atomic mass is 10.1. The maximum Gasteiger partial charge on any atom is 0.305 e. The zero-order valence-electron chi connectivity index (χ0n) is 20.1. The summed E-state index contributed by atoms with van der Waals surface area (Å²) in [6, 6.07) is -0.0660. The molecule has 2 aliphatic heterocycles. The van der Waals surface area contributed by atoms with Crippen LogP contribution >= 0.6 is 0 Å². The van der Waals surface area contributed by atoms with E-state index in [-0.39, 0.29) is 36.6 Å². The molecule has 12 heteroatoms. The summed E-state index contributed by atoms with van der Waals surface area (Å²) in [5, 5.41) is 0.